The maximum Gasteiger partial charge on any atom is 0.242 e. The quantitative estimate of drug-likeness (QED) is 0.707. The third-order valence-corrected chi connectivity index (χ3v) is 3.85. The van der Waals surface area contributed by atoms with E-state index in [2.05, 4.69) is 22.3 Å². The number of unbranched alkanes of at least 4 members (excludes halogenated alkanes) is 6. The lowest BCUT2D eigenvalue weighted by Gasteiger charge is -2.28. The first-order chi connectivity index (χ1) is 10.7. The van der Waals surface area contributed by atoms with E-state index < -0.39 is 0 Å². The predicted molar refractivity (Wildman–Crippen MR) is 97.5 cm³/mol. The molecule has 1 aromatic rings. The molecule has 1 amide bonds. The minimum Gasteiger partial charge on any atom is -0.278 e. The average molecular weight is 339 g/mol. The number of rotatable bonds is 8. The molecule has 1 aliphatic rings. The number of amides is 1. The highest BCUT2D eigenvalue weighted by molar-refractivity contribution is 6.02. The van der Waals surface area contributed by atoms with Crippen LogP contribution in [-0.2, 0) is 4.79 Å². The molecule has 5 nitrogen and oxygen atoms in total. The van der Waals surface area contributed by atoms with Crippen LogP contribution in [0.15, 0.2) is 23.5 Å². The van der Waals surface area contributed by atoms with Gasteiger partial charge in [-0.05, 0) is 12.5 Å². The maximum absolute atomic E-state index is 11.8. The SMILES string of the molecule is CCCCCCCCCC1=Nc2cnccc2N(C(C)=O)N1.Cl. The summed E-state index contributed by atoms with van der Waals surface area (Å²) in [5.74, 6) is 0.809. The van der Waals surface area contributed by atoms with Crippen molar-refractivity contribution < 1.29 is 4.79 Å². The molecule has 23 heavy (non-hydrogen) atoms. The minimum atomic E-state index is -0.0422. The predicted octanol–water partition coefficient (Wildman–Crippen LogP) is 4.55. The van der Waals surface area contributed by atoms with Gasteiger partial charge in [0.2, 0.25) is 5.91 Å². The molecular weight excluding hydrogens is 312 g/mol. The number of hydrazine groups is 1. The highest BCUT2D eigenvalue weighted by Gasteiger charge is 2.21. The molecule has 6 heteroatoms. The van der Waals surface area contributed by atoms with Crippen molar-refractivity contribution in [2.45, 2.75) is 65.2 Å². The number of aliphatic imine (C=N–C) groups is 1. The van der Waals surface area contributed by atoms with Gasteiger partial charge in [0.05, 0.1) is 11.9 Å². The summed E-state index contributed by atoms with van der Waals surface area (Å²) < 4.78 is 0. The first-order valence-corrected chi connectivity index (χ1v) is 8.31. The molecular formula is C17H27ClN4O. The molecule has 0 aliphatic carbocycles. The Balaban J connectivity index is 0.00000264. The highest BCUT2D eigenvalue weighted by Crippen LogP contribution is 2.29. The van der Waals surface area contributed by atoms with Crippen molar-refractivity contribution in [3.63, 3.8) is 0 Å². The largest absolute Gasteiger partial charge is 0.278 e. The van der Waals surface area contributed by atoms with Crippen LogP contribution in [0.25, 0.3) is 0 Å². The lowest BCUT2D eigenvalue weighted by molar-refractivity contribution is -0.117. The minimum absolute atomic E-state index is 0. The fourth-order valence-electron chi connectivity index (χ4n) is 2.62. The Morgan fingerprint density at radius 1 is 1.17 bits per heavy atom. The molecule has 0 spiro atoms. The van der Waals surface area contributed by atoms with Gasteiger partial charge in [0.25, 0.3) is 0 Å². The number of nitrogens with zero attached hydrogens (tertiary/aromatic N) is 3. The van der Waals surface area contributed by atoms with E-state index in [9.17, 15) is 4.79 Å². The lowest BCUT2D eigenvalue weighted by atomic mass is 10.1. The Kier molecular flexibility index (Phi) is 8.62. The van der Waals surface area contributed by atoms with Gasteiger partial charge in [0.15, 0.2) is 0 Å². The Labute approximate surface area is 145 Å². The number of fused-ring (bicyclic) bond motifs is 1. The smallest absolute Gasteiger partial charge is 0.242 e. The molecule has 0 unspecified atom stereocenters. The molecule has 0 atom stereocenters. The van der Waals surface area contributed by atoms with Gasteiger partial charge in [0.1, 0.15) is 11.5 Å². The number of nitrogens with one attached hydrogen (secondary N) is 1. The third-order valence-electron chi connectivity index (χ3n) is 3.85. The molecule has 0 radical (unpaired) electrons. The fourth-order valence-corrected chi connectivity index (χ4v) is 2.62. The normalized spacial score (nSPS) is 12.8. The molecule has 1 N–H and O–H groups in total. The summed E-state index contributed by atoms with van der Waals surface area (Å²) >= 11 is 0. The van der Waals surface area contributed by atoms with Gasteiger partial charge in [-0.25, -0.2) is 10.0 Å². The molecule has 1 aromatic heterocycles. The molecule has 0 saturated heterocycles. The van der Waals surface area contributed by atoms with Crippen molar-refractivity contribution >= 4 is 35.5 Å². The summed E-state index contributed by atoms with van der Waals surface area (Å²) in [4.78, 5) is 20.4. The number of carbonyl (C=O) groups excluding carboxylic acids is 1. The zero-order chi connectivity index (χ0) is 15.8. The summed E-state index contributed by atoms with van der Waals surface area (Å²) in [6.07, 6.45) is 13.1. The second-order valence-corrected chi connectivity index (χ2v) is 5.76. The van der Waals surface area contributed by atoms with Crippen LogP contribution in [0.1, 0.15) is 65.2 Å². The van der Waals surface area contributed by atoms with Crippen LogP contribution < -0.4 is 10.4 Å². The summed E-state index contributed by atoms with van der Waals surface area (Å²) in [5, 5.41) is 1.56. The van der Waals surface area contributed by atoms with Gasteiger partial charge in [-0.2, -0.15) is 0 Å². The number of pyridine rings is 1. The molecule has 0 fully saturated rings. The molecule has 0 bridgehead atoms. The van der Waals surface area contributed by atoms with Crippen LogP contribution in [0, 0.1) is 0 Å². The summed E-state index contributed by atoms with van der Waals surface area (Å²) in [5.41, 5.74) is 4.65. The lowest BCUT2D eigenvalue weighted by Crippen LogP contribution is -2.47. The van der Waals surface area contributed by atoms with E-state index in [1.165, 1.54) is 38.5 Å². The van der Waals surface area contributed by atoms with Crippen LogP contribution in [0.2, 0.25) is 0 Å². The second-order valence-electron chi connectivity index (χ2n) is 5.76. The molecule has 0 aromatic carbocycles. The van der Waals surface area contributed by atoms with Gasteiger partial charge < -0.3 is 0 Å². The Hall–Kier alpha value is -1.62. The topological polar surface area (TPSA) is 57.6 Å². The average Bonchev–Trinajstić information content (AvgIpc) is 2.53. The van der Waals surface area contributed by atoms with Crippen LogP contribution in [-0.4, -0.2) is 16.7 Å². The molecule has 128 valence electrons. The highest BCUT2D eigenvalue weighted by atomic mass is 35.5. The van der Waals surface area contributed by atoms with Crippen LogP contribution in [0.3, 0.4) is 0 Å². The Morgan fingerprint density at radius 2 is 1.87 bits per heavy atom. The zero-order valence-electron chi connectivity index (χ0n) is 14.0. The molecule has 2 rings (SSSR count). The number of hydrogen-bond acceptors (Lipinski definition) is 4. The summed E-state index contributed by atoms with van der Waals surface area (Å²) in [6.45, 7) is 3.79. The molecule has 0 saturated carbocycles. The number of amidine groups is 1. The first kappa shape index (κ1) is 19.4. The van der Waals surface area contributed by atoms with Crippen molar-refractivity contribution in [1.82, 2.24) is 10.4 Å². The van der Waals surface area contributed by atoms with E-state index in [-0.39, 0.29) is 18.3 Å². The number of anilines is 1. The van der Waals surface area contributed by atoms with E-state index >= 15 is 0 Å². The van der Waals surface area contributed by atoms with E-state index in [4.69, 9.17) is 0 Å². The van der Waals surface area contributed by atoms with Crippen LogP contribution in [0.4, 0.5) is 11.4 Å². The standard InChI is InChI=1S/C17H26N4O.ClH/c1-3-4-5-6-7-8-9-10-17-19-15-13-18-12-11-16(15)21(20-17)14(2)22;/h11-13H,3-10H2,1-2H3,(H,19,20);1H. The second kappa shape index (κ2) is 10.2. The van der Waals surface area contributed by atoms with E-state index in [0.717, 1.165) is 30.1 Å². The molecule has 2 heterocycles. The number of carbonyl (C=O) groups is 1. The van der Waals surface area contributed by atoms with Gasteiger partial charge in [-0.15, -0.1) is 12.4 Å². The first-order valence-electron chi connectivity index (χ1n) is 8.31. The Bertz CT molecular complexity index is 533. The number of hydrogen-bond donors (Lipinski definition) is 1. The third kappa shape index (κ3) is 5.82. The van der Waals surface area contributed by atoms with Gasteiger partial charge in [0, 0.05) is 19.5 Å². The van der Waals surface area contributed by atoms with Crippen LogP contribution >= 0.6 is 12.4 Å². The number of aromatic nitrogens is 1. The summed E-state index contributed by atoms with van der Waals surface area (Å²) in [7, 11) is 0. The van der Waals surface area contributed by atoms with Crippen molar-refractivity contribution in [2.24, 2.45) is 4.99 Å². The van der Waals surface area contributed by atoms with Crippen molar-refractivity contribution in [2.75, 3.05) is 5.01 Å². The van der Waals surface area contributed by atoms with Gasteiger partial charge >= 0.3 is 0 Å². The summed E-state index contributed by atoms with van der Waals surface area (Å²) in [6, 6.07) is 1.80. The fraction of sp³-hybridized carbons (Fsp3) is 0.588. The molecule has 1 aliphatic heterocycles. The van der Waals surface area contributed by atoms with Gasteiger partial charge in [-0.3, -0.25) is 15.2 Å². The van der Waals surface area contributed by atoms with E-state index in [0.29, 0.717) is 0 Å². The van der Waals surface area contributed by atoms with Crippen molar-refractivity contribution in [3.05, 3.63) is 18.5 Å². The van der Waals surface area contributed by atoms with Crippen LogP contribution in [0.5, 0.6) is 0 Å². The van der Waals surface area contributed by atoms with Gasteiger partial charge in [-0.1, -0.05) is 45.4 Å². The monoisotopic (exact) mass is 338 g/mol. The van der Waals surface area contributed by atoms with Crippen molar-refractivity contribution in [3.8, 4) is 0 Å². The zero-order valence-corrected chi connectivity index (χ0v) is 14.9. The number of halogens is 1. The van der Waals surface area contributed by atoms with Crippen molar-refractivity contribution in [1.29, 1.82) is 0 Å². The van der Waals surface area contributed by atoms with E-state index in [1.807, 2.05) is 0 Å². The van der Waals surface area contributed by atoms with E-state index in [1.54, 1.807) is 30.4 Å². The Morgan fingerprint density at radius 3 is 2.57 bits per heavy atom. The maximum atomic E-state index is 11.8.